The van der Waals surface area contributed by atoms with E-state index in [1.54, 1.807) is 6.20 Å². The molecule has 4 nitrogen and oxygen atoms in total. The van der Waals surface area contributed by atoms with Crippen LogP contribution in [0.4, 0.5) is 0 Å². The van der Waals surface area contributed by atoms with Gasteiger partial charge in [0.1, 0.15) is 9.84 Å². The van der Waals surface area contributed by atoms with Crippen molar-refractivity contribution in [2.45, 2.75) is 18.9 Å². The average Bonchev–Trinajstić information content (AvgIpc) is 2.24. The third-order valence-corrected chi connectivity index (χ3v) is 3.43. The van der Waals surface area contributed by atoms with Crippen LogP contribution in [0.3, 0.4) is 0 Å². The molecule has 0 aliphatic heterocycles. The van der Waals surface area contributed by atoms with E-state index in [0.29, 0.717) is 6.42 Å². The Morgan fingerprint density at radius 2 is 2.19 bits per heavy atom. The molecule has 0 saturated heterocycles. The molecule has 1 aromatic heterocycles. The fraction of sp³-hybridized carbons (Fsp3) is 0.545. The van der Waals surface area contributed by atoms with Gasteiger partial charge in [0.2, 0.25) is 0 Å². The zero-order valence-electron chi connectivity index (χ0n) is 9.68. The summed E-state index contributed by atoms with van der Waals surface area (Å²) in [7, 11) is -0.997. The second kappa shape index (κ2) is 5.96. The van der Waals surface area contributed by atoms with Gasteiger partial charge < -0.3 is 5.32 Å². The largest absolute Gasteiger partial charge is 0.312 e. The van der Waals surface area contributed by atoms with Crippen LogP contribution in [0.5, 0.6) is 0 Å². The van der Waals surface area contributed by atoms with Crippen LogP contribution in [0.15, 0.2) is 24.4 Å². The molecule has 1 heterocycles. The molecular weight excluding hydrogens is 224 g/mol. The Bertz CT molecular complexity index is 403. The number of nitrogens with zero attached hydrogens (tertiary/aromatic N) is 1. The standard InChI is InChI=1S/C11H18N2O2S/c1-12-10(7-5-9-16(2,14)15)11-6-3-4-8-13-11/h3-4,6,8,10,12H,5,7,9H2,1-2H3. The number of hydrogen-bond acceptors (Lipinski definition) is 4. The maximum absolute atomic E-state index is 11.0. The zero-order chi connectivity index (χ0) is 12.0. The molecule has 0 aliphatic rings. The lowest BCUT2D eigenvalue weighted by Crippen LogP contribution is -2.18. The summed E-state index contributed by atoms with van der Waals surface area (Å²) < 4.78 is 22.0. The smallest absolute Gasteiger partial charge is 0.147 e. The van der Waals surface area contributed by atoms with Gasteiger partial charge in [0.25, 0.3) is 0 Å². The van der Waals surface area contributed by atoms with E-state index in [1.807, 2.05) is 25.2 Å². The minimum Gasteiger partial charge on any atom is -0.312 e. The van der Waals surface area contributed by atoms with Gasteiger partial charge in [0.15, 0.2) is 0 Å². The second-order valence-electron chi connectivity index (χ2n) is 3.87. The van der Waals surface area contributed by atoms with Gasteiger partial charge in [-0.2, -0.15) is 0 Å². The SMILES string of the molecule is CNC(CCCS(C)(=O)=O)c1ccccn1. The number of hydrogen-bond donors (Lipinski definition) is 1. The first-order valence-corrected chi connectivity index (χ1v) is 7.35. The van der Waals surface area contributed by atoms with Crippen molar-refractivity contribution in [2.24, 2.45) is 0 Å². The average molecular weight is 242 g/mol. The van der Waals surface area contributed by atoms with Crippen molar-refractivity contribution in [1.29, 1.82) is 0 Å². The molecule has 16 heavy (non-hydrogen) atoms. The van der Waals surface area contributed by atoms with Crippen LogP contribution in [-0.2, 0) is 9.84 Å². The third-order valence-electron chi connectivity index (χ3n) is 2.40. The number of nitrogens with one attached hydrogen (secondary N) is 1. The van der Waals surface area contributed by atoms with Gasteiger partial charge in [-0.1, -0.05) is 6.07 Å². The van der Waals surface area contributed by atoms with Crippen molar-refractivity contribution in [3.8, 4) is 0 Å². The number of sulfone groups is 1. The Labute approximate surface area is 97.0 Å². The van der Waals surface area contributed by atoms with Crippen LogP contribution in [-0.4, -0.2) is 32.5 Å². The Kier molecular flexibility index (Phi) is 4.89. The molecule has 1 unspecified atom stereocenters. The zero-order valence-corrected chi connectivity index (χ0v) is 10.5. The maximum atomic E-state index is 11.0. The minimum absolute atomic E-state index is 0.128. The Balaban J connectivity index is 2.51. The summed E-state index contributed by atoms with van der Waals surface area (Å²) in [4.78, 5) is 4.25. The normalized spacial score (nSPS) is 13.6. The van der Waals surface area contributed by atoms with Gasteiger partial charge in [0.05, 0.1) is 5.69 Å². The van der Waals surface area contributed by atoms with Crippen molar-refractivity contribution >= 4 is 9.84 Å². The highest BCUT2D eigenvalue weighted by Crippen LogP contribution is 2.15. The number of rotatable bonds is 6. The van der Waals surface area contributed by atoms with Crippen LogP contribution >= 0.6 is 0 Å². The predicted octanol–water partition coefficient (Wildman–Crippen LogP) is 1.17. The molecule has 0 bridgehead atoms. The Morgan fingerprint density at radius 1 is 1.44 bits per heavy atom. The van der Waals surface area contributed by atoms with Gasteiger partial charge in [-0.15, -0.1) is 0 Å². The molecule has 1 aromatic rings. The first-order chi connectivity index (χ1) is 7.53. The summed E-state index contributed by atoms with van der Waals surface area (Å²) in [6.07, 6.45) is 4.44. The molecule has 0 fully saturated rings. The van der Waals surface area contributed by atoms with Crippen LogP contribution in [0, 0.1) is 0 Å². The summed E-state index contributed by atoms with van der Waals surface area (Å²) in [6.45, 7) is 0. The molecule has 0 aliphatic carbocycles. The monoisotopic (exact) mass is 242 g/mol. The molecule has 1 atom stereocenters. The first-order valence-electron chi connectivity index (χ1n) is 5.29. The van der Waals surface area contributed by atoms with Crippen LogP contribution in [0.1, 0.15) is 24.6 Å². The van der Waals surface area contributed by atoms with E-state index in [1.165, 1.54) is 6.26 Å². The summed E-state index contributed by atoms with van der Waals surface area (Å²) in [6, 6.07) is 5.88. The third kappa shape index (κ3) is 4.72. The van der Waals surface area contributed by atoms with Crippen LogP contribution in [0.2, 0.25) is 0 Å². The van der Waals surface area contributed by atoms with E-state index in [2.05, 4.69) is 10.3 Å². The fourth-order valence-corrected chi connectivity index (χ4v) is 2.26. The second-order valence-corrected chi connectivity index (χ2v) is 6.13. The van der Waals surface area contributed by atoms with Crippen molar-refractivity contribution in [2.75, 3.05) is 19.1 Å². The maximum Gasteiger partial charge on any atom is 0.147 e. The summed E-state index contributed by atoms with van der Waals surface area (Å²) in [5.41, 5.74) is 0.957. The number of aromatic nitrogens is 1. The summed E-state index contributed by atoms with van der Waals surface area (Å²) >= 11 is 0. The van der Waals surface area contributed by atoms with E-state index >= 15 is 0 Å². The van der Waals surface area contributed by atoms with E-state index < -0.39 is 9.84 Å². The Hall–Kier alpha value is -0.940. The quantitative estimate of drug-likeness (QED) is 0.813. The van der Waals surface area contributed by atoms with E-state index in [-0.39, 0.29) is 11.8 Å². The minimum atomic E-state index is -2.86. The molecule has 0 saturated carbocycles. The fourth-order valence-electron chi connectivity index (χ4n) is 1.57. The lowest BCUT2D eigenvalue weighted by Gasteiger charge is -2.14. The molecular formula is C11H18N2O2S. The molecule has 1 rings (SSSR count). The van der Waals surface area contributed by atoms with Crippen molar-refractivity contribution in [1.82, 2.24) is 10.3 Å². The molecule has 90 valence electrons. The summed E-state index contributed by atoms with van der Waals surface area (Å²) in [5.74, 6) is 0.234. The van der Waals surface area contributed by atoms with Crippen LogP contribution < -0.4 is 5.32 Å². The van der Waals surface area contributed by atoms with Gasteiger partial charge in [0, 0.05) is 24.2 Å². The van der Waals surface area contributed by atoms with Gasteiger partial charge in [-0.05, 0) is 32.0 Å². The highest BCUT2D eigenvalue weighted by molar-refractivity contribution is 7.90. The van der Waals surface area contributed by atoms with E-state index in [9.17, 15) is 8.42 Å². The topological polar surface area (TPSA) is 59.1 Å². The molecule has 0 amide bonds. The Morgan fingerprint density at radius 3 is 2.69 bits per heavy atom. The number of pyridine rings is 1. The van der Waals surface area contributed by atoms with E-state index in [0.717, 1.165) is 12.1 Å². The van der Waals surface area contributed by atoms with E-state index in [4.69, 9.17) is 0 Å². The van der Waals surface area contributed by atoms with Crippen molar-refractivity contribution in [3.63, 3.8) is 0 Å². The van der Waals surface area contributed by atoms with Crippen LogP contribution in [0.25, 0.3) is 0 Å². The van der Waals surface area contributed by atoms with Gasteiger partial charge >= 0.3 is 0 Å². The molecule has 0 spiro atoms. The van der Waals surface area contributed by atoms with Gasteiger partial charge in [-0.25, -0.2) is 8.42 Å². The lowest BCUT2D eigenvalue weighted by molar-refractivity contribution is 0.525. The predicted molar refractivity (Wildman–Crippen MR) is 65.0 cm³/mol. The highest BCUT2D eigenvalue weighted by Gasteiger charge is 2.11. The van der Waals surface area contributed by atoms with Crippen molar-refractivity contribution < 1.29 is 8.42 Å². The molecule has 0 radical (unpaired) electrons. The molecule has 0 aromatic carbocycles. The highest BCUT2D eigenvalue weighted by atomic mass is 32.2. The lowest BCUT2D eigenvalue weighted by atomic mass is 10.1. The van der Waals surface area contributed by atoms with Gasteiger partial charge in [-0.3, -0.25) is 4.98 Å². The van der Waals surface area contributed by atoms with Crippen molar-refractivity contribution in [3.05, 3.63) is 30.1 Å². The molecule has 5 heteroatoms. The first kappa shape index (κ1) is 13.1. The summed E-state index contributed by atoms with van der Waals surface area (Å²) in [5, 5.41) is 3.15. The molecule has 1 N–H and O–H groups in total.